The standard InChI is InChI=1S/C8H16O2/c1-6-4-8(9-3)5-7(2)10-6/h6-8H,4-5H2,1-3H3/t6-,7?,8?/m0/s1. The number of ether oxygens (including phenoxy) is 2. The Morgan fingerprint density at radius 1 is 1.20 bits per heavy atom. The monoisotopic (exact) mass is 144 g/mol. The second-order valence-electron chi connectivity index (χ2n) is 3.09. The minimum Gasteiger partial charge on any atom is -0.381 e. The van der Waals surface area contributed by atoms with E-state index in [1.807, 2.05) is 0 Å². The summed E-state index contributed by atoms with van der Waals surface area (Å²) in [5.41, 5.74) is 0. The van der Waals surface area contributed by atoms with Gasteiger partial charge in [-0.3, -0.25) is 0 Å². The van der Waals surface area contributed by atoms with Gasteiger partial charge in [0.1, 0.15) is 0 Å². The predicted molar refractivity (Wildman–Crippen MR) is 40.0 cm³/mol. The van der Waals surface area contributed by atoms with E-state index in [1.54, 1.807) is 7.11 Å². The lowest BCUT2D eigenvalue weighted by molar-refractivity contribution is -0.0907. The molecule has 2 nitrogen and oxygen atoms in total. The van der Waals surface area contributed by atoms with Gasteiger partial charge in [-0.25, -0.2) is 0 Å². The normalized spacial score (nSPS) is 41.7. The van der Waals surface area contributed by atoms with Gasteiger partial charge in [0.25, 0.3) is 0 Å². The van der Waals surface area contributed by atoms with Crippen molar-refractivity contribution in [3.8, 4) is 0 Å². The van der Waals surface area contributed by atoms with E-state index in [9.17, 15) is 0 Å². The van der Waals surface area contributed by atoms with Gasteiger partial charge >= 0.3 is 0 Å². The Morgan fingerprint density at radius 3 is 2.10 bits per heavy atom. The first-order valence-electron chi connectivity index (χ1n) is 3.90. The molecule has 1 saturated heterocycles. The number of rotatable bonds is 1. The van der Waals surface area contributed by atoms with Crippen LogP contribution in [0.3, 0.4) is 0 Å². The van der Waals surface area contributed by atoms with Crippen LogP contribution in [0, 0.1) is 0 Å². The Kier molecular flexibility index (Phi) is 2.69. The van der Waals surface area contributed by atoms with Crippen LogP contribution in [0.2, 0.25) is 0 Å². The lowest BCUT2D eigenvalue weighted by atomic mass is 10.0. The Hall–Kier alpha value is -0.0800. The van der Waals surface area contributed by atoms with Crippen molar-refractivity contribution < 1.29 is 9.47 Å². The molecule has 1 aliphatic rings. The molecule has 60 valence electrons. The summed E-state index contributed by atoms with van der Waals surface area (Å²) in [6.07, 6.45) is 3.24. The summed E-state index contributed by atoms with van der Waals surface area (Å²) in [6, 6.07) is 0. The Balaban J connectivity index is 2.35. The van der Waals surface area contributed by atoms with Crippen molar-refractivity contribution in [2.75, 3.05) is 7.11 Å². The lowest BCUT2D eigenvalue weighted by Crippen LogP contribution is -2.33. The topological polar surface area (TPSA) is 18.5 Å². The zero-order valence-corrected chi connectivity index (χ0v) is 6.96. The largest absolute Gasteiger partial charge is 0.381 e. The molecule has 0 saturated carbocycles. The second-order valence-corrected chi connectivity index (χ2v) is 3.09. The molecule has 0 amide bonds. The average molecular weight is 144 g/mol. The highest BCUT2D eigenvalue weighted by atomic mass is 16.5. The smallest absolute Gasteiger partial charge is 0.0620 e. The molecule has 10 heavy (non-hydrogen) atoms. The molecule has 3 atom stereocenters. The third-order valence-electron chi connectivity index (χ3n) is 1.99. The molecule has 0 aliphatic carbocycles. The van der Waals surface area contributed by atoms with Crippen LogP contribution in [0.4, 0.5) is 0 Å². The van der Waals surface area contributed by atoms with E-state index in [0.717, 1.165) is 12.8 Å². The van der Waals surface area contributed by atoms with Crippen molar-refractivity contribution in [2.24, 2.45) is 0 Å². The van der Waals surface area contributed by atoms with Crippen LogP contribution < -0.4 is 0 Å². The molecule has 2 heteroatoms. The van der Waals surface area contributed by atoms with Crippen LogP contribution in [-0.2, 0) is 9.47 Å². The zero-order valence-electron chi connectivity index (χ0n) is 6.96. The minimum absolute atomic E-state index is 0.369. The molecule has 2 unspecified atom stereocenters. The highest BCUT2D eigenvalue weighted by Crippen LogP contribution is 2.20. The SMILES string of the molecule is COC1CC(C)O[C@@H](C)C1. The van der Waals surface area contributed by atoms with Gasteiger partial charge in [0, 0.05) is 7.11 Å². The van der Waals surface area contributed by atoms with E-state index in [-0.39, 0.29) is 0 Å². The van der Waals surface area contributed by atoms with Crippen molar-refractivity contribution in [1.82, 2.24) is 0 Å². The summed E-state index contributed by atoms with van der Waals surface area (Å²) in [5, 5.41) is 0. The van der Waals surface area contributed by atoms with Crippen molar-refractivity contribution in [3.63, 3.8) is 0 Å². The fraction of sp³-hybridized carbons (Fsp3) is 1.00. The van der Waals surface area contributed by atoms with Crippen molar-refractivity contribution in [1.29, 1.82) is 0 Å². The fourth-order valence-electron chi connectivity index (χ4n) is 1.54. The van der Waals surface area contributed by atoms with Gasteiger partial charge in [0.2, 0.25) is 0 Å². The molecule has 0 aromatic rings. The molecule has 0 aromatic heterocycles. The van der Waals surface area contributed by atoms with E-state index in [2.05, 4.69) is 13.8 Å². The van der Waals surface area contributed by atoms with Gasteiger partial charge < -0.3 is 9.47 Å². The highest BCUT2D eigenvalue weighted by molar-refractivity contribution is 4.72. The van der Waals surface area contributed by atoms with Gasteiger partial charge in [-0.15, -0.1) is 0 Å². The van der Waals surface area contributed by atoms with Crippen LogP contribution in [0.5, 0.6) is 0 Å². The quantitative estimate of drug-likeness (QED) is 0.556. The van der Waals surface area contributed by atoms with Crippen molar-refractivity contribution in [3.05, 3.63) is 0 Å². The maximum atomic E-state index is 5.54. The molecular weight excluding hydrogens is 128 g/mol. The van der Waals surface area contributed by atoms with E-state index < -0.39 is 0 Å². The maximum absolute atomic E-state index is 5.54. The van der Waals surface area contributed by atoms with Crippen molar-refractivity contribution in [2.45, 2.75) is 45.0 Å². The highest BCUT2D eigenvalue weighted by Gasteiger charge is 2.23. The maximum Gasteiger partial charge on any atom is 0.0620 e. The summed E-state index contributed by atoms with van der Waals surface area (Å²) in [4.78, 5) is 0. The molecule has 1 aliphatic heterocycles. The van der Waals surface area contributed by atoms with E-state index in [4.69, 9.17) is 9.47 Å². The van der Waals surface area contributed by atoms with Crippen LogP contribution >= 0.6 is 0 Å². The predicted octanol–water partition coefficient (Wildman–Crippen LogP) is 1.59. The van der Waals surface area contributed by atoms with Gasteiger partial charge in [0.15, 0.2) is 0 Å². The number of hydrogen-bond acceptors (Lipinski definition) is 2. The van der Waals surface area contributed by atoms with E-state index in [1.165, 1.54) is 0 Å². The lowest BCUT2D eigenvalue weighted by Gasteiger charge is -2.30. The second kappa shape index (κ2) is 3.35. The zero-order chi connectivity index (χ0) is 7.56. The average Bonchev–Trinajstić information content (AvgIpc) is 1.85. The molecular formula is C8H16O2. The summed E-state index contributed by atoms with van der Waals surface area (Å²) in [6.45, 7) is 4.20. The van der Waals surface area contributed by atoms with E-state index in [0.29, 0.717) is 18.3 Å². The number of hydrogen-bond donors (Lipinski definition) is 0. The Bertz CT molecular complexity index is 93.4. The summed E-state index contributed by atoms with van der Waals surface area (Å²) >= 11 is 0. The Labute approximate surface area is 62.5 Å². The first kappa shape index (κ1) is 8.02. The Morgan fingerprint density at radius 2 is 1.70 bits per heavy atom. The molecule has 0 spiro atoms. The van der Waals surface area contributed by atoms with Crippen LogP contribution in [0.15, 0.2) is 0 Å². The summed E-state index contributed by atoms with van der Waals surface area (Å²) in [5.74, 6) is 0. The van der Waals surface area contributed by atoms with E-state index >= 15 is 0 Å². The van der Waals surface area contributed by atoms with Crippen molar-refractivity contribution >= 4 is 0 Å². The summed E-state index contributed by atoms with van der Waals surface area (Å²) in [7, 11) is 1.77. The third kappa shape index (κ3) is 1.96. The summed E-state index contributed by atoms with van der Waals surface area (Å²) < 4.78 is 10.8. The van der Waals surface area contributed by atoms with Gasteiger partial charge in [-0.1, -0.05) is 0 Å². The van der Waals surface area contributed by atoms with Gasteiger partial charge in [-0.05, 0) is 26.7 Å². The molecule has 0 aromatic carbocycles. The van der Waals surface area contributed by atoms with Gasteiger partial charge in [-0.2, -0.15) is 0 Å². The molecule has 0 N–H and O–H groups in total. The fourth-order valence-corrected chi connectivity index (χ4v) is 1.54. The molecule has 0 radical (unpaired) electrons. The molecule has 1 fully saturated rings. The van der Waals surface area contributed by atoms with Crippen LogP contribution in [0.1, 0.15) is 26.7 Å². The minimum atomic E-state index is 0.369. The molecule has 1 heterocycles. The third-order valence-corrected chi connectivity index (χ3v) is 1.99. The number of methoxy groups -OCH3 is 1. The molecule has 1 rings (SSSR count). The molecule has 0 bridgehead atoms. The first-order valence-corrected chi connectivity index (χ1v) is 3.90. The van der Waals surface area contributed by atoms with Crippen LogP contribution in [0.25, 0.3) is 0 Å². The first-order chi connectivity index (χ1) is 4.72. The van der Waals surface area contributed by atoms with Gasteiger partial charge in [0.05, 0.1) is 18.3 Å². The van der Waals surface area contributed by atoms with Crippen LogP contribution in [-0.4, -0.2) is 25.4 Å².